The van der Waals surface area contributed by atoms with Crippen LogP contribution >= 0.6 is 0 Å². The van der Waals surface area contributed by atoms with E-state index in [2.05, 4.69) is 4.98 Å². The summed E-state index contributed by atoms with van der Waals surface area (Å²) in [7, 11) is -4.49. The van der Waals surface area contributed by atoms with E-state index in [0.29, 0.717) is 17.3 Å². The largest absolute Gasteiger partial charge is 0.486 e. The third kappa shape index (κ3) is 4.97. The van der Waals surface area contributed by atoms with Crippen molar-refractivity contribution >= 4 is 21.7 Å². The predicted octanol–water partition coefficient (Wildman–Crippen LogP) is 4.74. The summed E-state index contributed by atoms with van der Waals surface area (Å²) in [5.41, 5.74) is 0.00861. The van der Waals surface area contributed by atoms with Crippen LogP contribution in [-0.4, -0.2) is 37.1 Å². The third-order valence-electron chi connectivity index (χ3n) is 5.54. The van der Waals surface area contributed by atoms with Gasteiger partial charge in [-0.1, -0.05) is 13.0 Å². The Morgan fingerprint density at radius 1 is 1.26 bits per heavy atom. The summed E-state index contributed by atoms with van der Waals surface area (Å²) in [6, 6.07) is 8.01. The molecule has 2 unspecified atom stereocenters. The normalized spacial score (nSPS) is 16.9. The molecule has 2 aromatic carbocycles. The molecule has 186 valence electrons. The highest BCUT2D eigenvalue weighted by atomic mass is 32.2. The highest BCUT2D eigenvalue weighted by Gasteiger charge is 2.38. The number of hydrogen-bond donors (Lipinski definition) is 1. The van der Waals surface area contributed by atoms with Crippen molar-refractivity contribution in [1.29, 1.82) is 0 Å². The Hall–Kier alpha value is -3.54. The second-order valence-corrected chi connectivity index (χ2v) is 10.1. The number of ether oxygens (including phenoxy) is 1. The second-order valence-electron chi connectivity index (χ2n) is 8.25. The second kappa shape index (κ2) is 8.91. The number of alkyl halides is 3. The first-order valence-corrected chi connectivity index (χ1v) is 12.0. The average Bonchev–Trinajstić information content (AvgIpc) is 3.24. The van der Waals surface area contributed by atoms with Crippen LogP contribution < -0.4 is 9.04 Å². The Kier molecular flexibility index (Phi) is 6.26. The predicted molar refractivity (Wildman–Crippen MR) is 118 cm³/mol. The summed E-state index contributed by atoms with van der Waals surface area (Å²) in [4.78, 5) is 15.0. The molecular weight excluding hydrogens is 489 g/mol. The Morgan fingerprint density at radius 3 is 2.63 bits per heavy atom. The van der Waals surface area contributed by atoms with Crippen molar-refractivity contribution in [3.05, 3.63) is 60.0 Å². The van der Waals surface area contributed by atoms with Crippen molar-refractivity contribution in [2.24, 2.45) is 5.92 Å². The van der Waals surface area contributed by atoms with Crippen molar-refractivity contribution in [2.75, 3.05) is 10.8 Å². The molecule has 2 atom stereocenters. The fourth-order valence-electron chi connectivity index (χ4n) is 3.74. The van der Waals surface area contributed by atoms with E-state index in [1.165, 1.54) is 25.3 Å². The van der Waals surface area contributed by atoms with Gasteiger partial charge in [-0.3, -0.25) is 9.10 Å². The Bertz CT molecular complexity index is 1370. The van der Waals surface area contributed by atoms with E-state index < -0.39 is 44.6 Å². The minimum atomic E-state index is -4.73. The van der Waals surface area contributed by atoms with Crippen molar-refractivity contribution < 1.29 is 40.6 Å². The minimum Gasteiger partial charge on any atom is -0.486 e. The quantitative estimate of drug-likeness (QED) is 0.510. The van der Waals surface area contributed by atoms with E-state index in [-0.39, 0.29) is 30.3 Å². The number of oxazole rings is 1. The molecular formula is C23H21F3N2O6S. The van der Waals surface area contributed by atoms with Gasteiger partial charge in [0.05, 0.1) is 34.3 Å². The summed E-state index contributed by atoms with van der Waals surface area (Å²) in [5.74, 6) is -1.56. The number of carboxylic acids is 1. The number of hydrogen-bond acceptors (Lipinski definition) is 6. The zero-order valence-corrected chi connectivity index (χ0v) is 19.4. The molecule has 0 bridgehead atoms. The standard InChI is InChI=1S/C23H21F3N2O6S/c1-13(22(29)30)8-17-11-28(35(31,32)18-5-3-4-16(10-18)23(24,25)26)19-9-15(6-7-20(19)34-17)21-27-14(2)12-33-21/h3-7,9-10,12-13,17H,8,11H2,1-2H3,(H,29,30). The molecule has 0 spiro atoms. The van der Waals surface area contributed by atoms with Crippen LogP contribution in [0.4, 0.5) is 18.9 Å². The molecule has 3 aromatic rings. The smallest absolute Gasteiger partial charge is 0.416 e. The number of benzene rings is 2. The molecule has 1 aliphatic heterocycles. The molecule has 1 N–H and O–H groups in total. The first kappa shape index (κ1) is 24.6. The molecule has 12 heteroatoms. The van der Waals surface area contributed by atoms with E-state index >= 15 is 0 Å². The van der Waals surface area contributed by atoms with Gasteiger partial charge in [-0.15, -0.1) is 0 Å². The maximum Gasteiger partial charge on any atom is 0.416 e. The molecule has 1 aliphatic rings. The van der Waals surface area contributed by atoms with Gasteiger partial charge in [-0.25, -0.2) is 13.4 Å². The molecule has 0 fully saturated rings. The van der Waals surface area contributed by atoms with E-state index in [1.807, 2.05) is 0 Å². The highest BCUT2D eigenvalue weighted by Crippen LogP contribution is 2.41. The monoisotopic (exact) mass is 510 g/mol. The number of carbonyl (C=O) groups is 1. The maximum absolute atomic E-state index is 13.6. The van der Waals surface area contributed by atoms with E-state index in [4.69, 9.17) is 9.15 Å². The number of sulfonamides is 1. The summed E-state index contributed by atoms with van der Waals surface area (Å²) in [6.45, 7) is 2.88. The van der Waals surface area contributed by atoms with E-state index in [1.54, 1.807) is 13.0 Å². The molecule has 0 radical (unpaired) electrons. The van der Waals surface area contributed by atoms with Crippen LogP contribution in [-0.2, 0) is 21.0 Å². The average molecular weight is 510 g/mol. The van der Waals surface area contributed by atoms with Crippen LogP contribution in [0.1, 0.15) is 24.6 Å². The molecule has 0 amide bonds. The van der Waals surface area contributed by atoms with Gasteiger partial charge in [0.1, 0.15) is 18.1 Å². The van der Waals surface area contributed by atoms with Gasteiger partial charge in [0.25, 0.3) is 10.0 Å². The van der Waals surface area contributed by atoms with E-state index in [0.717, 1.165) is 22.5 Å². The first-order chi connectivity index (χ1) is 16.4. The molecule has 8 nitrogen and oxygen atoms in total. The molecule has 0 saturated carbocycles. The van der Waals surface area contributed by atoms with Gasteiger partial charge in [0.15, 0.2) is 0 Å². The fourth-order valence-corrected chi connectivity index (χ4v) is 5.28. The van der Waals surface area contributed by atoms with Gasteiger partial charge >= 0.3 is 12.1 Å². The number of halogens is 3. The first-order valence-electron chi connectivity index (χ1n) is 10.5. The van der Waals surface area contributed by atoms with Crippen molar-refractivity contribution in [1.82, 2.24) is 4.98 Å². The van der Waals surface area contributed by atoms with Gasteiger partial charge in [0.2, 0.25) is 5.89 Å². The SMILES string of the molecule is Cc1coc(-c2ccc3c(c2)N(S(=O)(=O)c2cccc(C(F)(F)F)c2)CC(CC(C)C(=O)O)O3)n1. The number of aryl methyl sites for hydroxylation is 1. The van der Waals surface area contributed by atoms with Gasteiger partial charge in [0, 0.05) is 5.56 Å². The lowest BCUT2D eigenvalue weighted by molar-refractivity contribution is -0.142. The molecule has 0 saturated heterocycles. The Labute approximate surface area is 199 Å². The zero-order valence-electron chi connectivity index (χ0n) is 18.6. The number of nitrogens with zero attached hydrogens (tertiary/aromatic N) is 2. The molecule has 0 aliphatic carbocycles. The number of fused-ring (bicyclic) bond motifs is 1. The lowest BCUT2D eigenvalue weighted by Gasteiger charge is -2.36. The summed E-state index contributed by atoms with van der Waals surface area (Å²) in [6.07, 6.45) is -4.16. The fraction of sp³-hybridized carbons (Fsp3) is 0.304. The topological polar surface area (TPSA) is 110 Å². The van der Waals surface area contributed by atoms with Crippen molar-refractivity contribution in [2.45, 2.75) is 37.4 Å². The van der Waals surface area contributed by atoms with Gasteiger partial charge < -0.3 is 14.3 Å². The summed E-state index contributed by atoms with van der Waals surface area (Å²) >= 11 is 0. The van der Waals surface area contributed by atoms with Crippen molar-refractivity contribution in [3.8, 4) is 17.2 Å². The van der Waals surface area contributed by atoms with Crippen LogP contribution in [0.25, 0.3) is 11.5 Å². The Balaban J connectivity index is 1.81. The number of carboxylic acid groups (broad SMARTS) is 1. The van der Waals surface area contributed by atoms with Crippen LogP contribution in [0, 0.1) is 12.8 Å². The summed E-state index contributed by atoms with van der Waals surface area (Å²) in [5, 5.41) is 9.27. The van der Waals surface area contributed by atoms with Crippen LogP contribution in [0.2, 0.25) is 0 Å². The van der Waals surface area contributed by atoms with Crippen LogP contribution in [0.5, 0.6) is 5.75 Å². The maximum atomic E-state index is 13.6. The van der Waals surface area contributed by atoms with Gasteiger partial charge in [-0.2, -0.15) is 13.2 Å². The Morgan fingerprint density at radius 2 is 2.00 bits per heavy atom. The van der Waals surface area contributed by atoms with E-state index in [9.17, 15) is 31.5 Å². The van der Waals surface area contributed by atoms with Crippen LogP contribution in [0.3, 0.4) is 0 Å². The number of rotatable bonds is 6. The number of aliphatic carboxylic acids is 1. The number of anilines is 1. The summed E-state index contributed by atoms with van der Waals surface area (Å²) < 4.78 is 79.2. The molecule has 2 heterocycles. The molecule has 1 aromatic heterocycles. The lowest BCUT2D eigenvalue weighted by Crippen LogP contribution is -2.44. The van der Waals surface area contributed by atoms with Crippen LogP contribution in [0.15, 0.2) is 58.0 Å². The lowest BCUT2D eigenvalue weighted by atomic mass is 10.0. The minimum absolute atomic E-state index is 0.00985. The molecule has 4 rings (SSSR count). The number of aromatic nitrogens is 1. The zero-order chi connectivity index (χ0) is 25.5. The highest BCUT2D eigenvalue weighted by molar-refractivity contribution is 7.92. The van der Waals surface area contributed by atoms with Gasteiger partial charge in [-0.05, 0) is 49.7 Å². The molecule has 35 heavy (non-hydrogen) atoms. The third-order valence-corrected chi connectivity index (χ3v) is 7.32. The van der Waals surface area contributed by atoms with Crippen molar-refractivity contribution in [3.63, 3.8) is 0 Å².